The van der Waals surface area contributed by atoms with Crippen LogP contribution in [0.3, 0.4) is 0 Å². The predicted octanol–water partition coefficient (Wildman–Crippen LogP) is 5.39. The van der Waals surface area contributed by atoms with E-state index in [2.05, 4.69) is 10.6 Å². The highest BCUT2D eigenvalue weighted by Gasteiger charge is 2.15. The van der Waals surface area contributed by atoms with Crippen molar-refractivity contribution in [3.05, 3.63) is 81.0 Å². The maximum absolute atomic E-state index is 12.7. The summed E-state index contributed by atoms with van der Waals surface area (Å²) in [5.74, 6) is -0.694. The van der Waals surface area contributed by atoms with Gasteiger partial charge in [0.1, 0.15) is 0 Å². The van der Waals surface area contributed by atoms with Crippen LogP contribution in [0, 0.1) is 0 Å². The van der Waals surface area contributed by atoms with Crippen LogP contribution in [0.15, 0.2) is 60.0 Å². The molecule has 3 rings (SSSR count). The average molecular weight is 456 g/mol. The van der Waals surface area contributed by atoms with Crippen LogP contribution >= 0.6 is 22.9 Å². The lowest BCUT2D eigenvalue weighted by molar-refractivity contribution is 0.0772. The van der Waals surface area contributed by atoms with Gasteiger partial charge in [-0.25, -0.2) is 0 Å². The van der Waals surface area contributed by atoms with E-state index in [1.54, 1.807) is 58.8 Å². The Balaban J connectivity index is 1.70. The zero-order chi connectivity index (χ0) is 22.4. The van der Waals surface area contributed by atoms with Crippen molar-refractivity contribution >= 4 is 52.0 Å². The fraction of sp³-hybridized carbons (Fsp3) is 0.174. The smallest absolute Gasteiger partial charge is 0.265 e. The normalized spacial score (nSPS) is 10.4. The monoisotopic (exact) mass is 455 g/mol. The summed E-state index contributed by atoms with van der Waals surface area (Å²) in [6.45, 7) is 5.13. The summed E-state index contributed by atoms with van der Waals surface area (Å²) >= 11 is 7.50. The third kappa shape index (κ3) is 5.51. The quantitative estimate of drug-likeness (QED) is 0.501. The number of nitrogens with zero attached hydrogens (tertiary/aromatic N) is 1. The molecule has 0 atom stereocenters. The van der Waals surface area contributed by atoms with Crippen molar-refractivity contribution in [1.29, 1.82) is 0 Å². The molecule has 1 aromatic heterocycles. The molecule has 0 radical (unpaired) electrons. The van der Waals surface area contributed by atoms with E-state index in [-0.39, 0.29) is 17.7 Å². The van der Waals surface area contributed by atoms with Gasteiger partial charge in [-0.2, -0.15) is 0 Å². The highest BCUT2D eigenvalue weighted by molar-refractivity contribution is 7.12. The van der Waals surface area contributed by atoms with Gasteiger partial charge in [0.25, 0.3) is 17.7 Å². The first-order valence-electron chi connectivity index (χ1n) is 9.78. The van der Waals surface area contributed by atoms with E-state index in [4.69, 9.17) is 11.6 Å². The number of hydrogen-bond donors (Lipinski definition) is 2. The number of hydrogen-bond acceptors (Lipinski definition) is 4. The molecule has 2 N–H and O–H groups in total. The summed E-state index contributed by atoms with van der Waals surface area (Å²) in [4.78, 5) is 39.6. The third-order valence-corrected chi connectivity index (χ3v) is 5.86. The topological polar surface area (TPSA) is 78.5 Å². The van der Waals surface area contributed by atoms with Gasteiger partial charge in [0.15, 0.2) is 0 Å². The van der Waals surface area contributed by atoms with Crippen LogP contribution in [0.2, 0.25) is 5.02 Å². The Labute approximate surface area is 189 Å². The Morgan fingerprint density at radius 2 is 1.58 bits per heavy atom. The maximum Gasteiger partial charge on any atom is 0.265 e. The SMILES string of the molecule is CCN(CC)C(=O)c1ccc(NC(=O)c2ccc(Cl)c(NC(=O)c3cccs3)c2)cc1. The van der Waals surface area contributed by atoms with Gasteiger partial charge in [-0.05, 0) is 67.8 Å². The van der Waals surface area contributed by atoms with Crippen molar-refractivity contribution < 1.29 is 14.4 Å². The Bertz CT molecular complexity index is 1080. The Hall–Kier alpha value is -3.16. The first kappa shape index (κ1) is 22.5. The van der Waals surface area contributed by atoms with E-state index < -0.39 is 0 Å². The second-order valence-corrected chi connectivity index (χ2v) is 7.99. The molecule has 3 aromatic rings. The highest BCUT2D eigenvalue weighted by Crippen LogP contribution is 2.25. The maximum atomic E-state index is 12.7. The van der Waals surface area contributed by atoms with Gasteiger partial charge < -0.3 is 15.5 Å². The Morgan fingerprint density at radius 3 is 2.19 bits per heavy atom. The van der Waals surface area contributed by atoms with Crippen LogP contribution in [0.4, 0.5) is 11.4 Å². The summed E-state index contributed by atoms with van der Waals surface area (Å²) in [7, 11) is 0. The number of halogens is 1. The number of anilines is 2. The van der Waals surface area contributed by atoms with Gasteiger partial charge in [-0.15, -0.1) is 11.3 Å². The molecule has 0 spiro atoms. The van der Waals surface area contributed by atoms with E-state index >= 15 is 0 Å². The molecular weight excluding hydrogens is 434 g/mol. The van der Waals surface area contributed by atoms with Crippen molar-refractivity contribution in [1.82, 2.24) is 4.90 Å². The molecule has 3 amide bonds. The van der Waals surface area contributed by atoms with Gasteiger partial charge in [0, 0.05) is 29.9 Å². The first-order chi connectivity index (χ1) is 14.9. The van der Waals surface area contributed by atoms with E-state index in [0.717, 1.165) is 0 Å². The number of benzene rings is 2. The standard InChI is InChI=1S/C23H22ClN3O3S/c1-3-27(4-2)23(30)15-7-10-17(11-8-15)25-21(28)16-9-12-18(24)19(14-16)26-22(29)20-6-5-13-31-20/h5-14H,3-4H2,1-2H3,(H,25,28)(H,26,29). The molecule has 0 aliphatic rings. The van der Waals surface area contributed by atoms with Crippen molar-refractivity contribution in [2.24, 2.45) is 0 Å². The molecule has 0 aliphatic heterocycles. The van der Waals surface area contributed by atoms with Crippen molar-refractivity contribution in [3.8, 4) is 0 Å². The van der Waals surface area contributed by atoms with Gasteiger partial charge in [0.2, 0.25) is 0 Å². The summed E-state index contributed by atoms with van der Waals surface area (Å²) in [5, 5.41) is 7.66. The lowest BCUT2D eigenvalue weighted by Gasteiger charge is -2.18. The van der Waals surface area contributed by atoms with Crippen molar-refractivity contribution in [2.75, 3.05) is 23.7 Å². The number of carbonyl (C=O) groups excluding carboxylic acids is 3. The molecule has 6 nitrogen and oxygen atoms in total. The summed E-state index contributed by atoms with van der Waals surface area (Å²) in [6, 6.07) is 14.9. The molecule has 0 bridgehead atoms. The van der Waals surface area contributed by atoms with Crippen molar-refractivity contribution in [3.63, 3.8) is 0 Å². The van der Waals surface area contributed by atoms with Gasteiger partial charge in [0.05, 0.1) is 15.6 Å². The van der Waals surface area contributed by atoms with E-state index in [1.807, 2.05) is 13.8 Å². The van der Waals surface area contributed by atoms with Crippen molar-refractivity contribution in [2.45, 2.75) is 13.8 Å². The molecule has 1 heterocycles. The Kier molecular flexibility index (Phi) is 7.44. The predicted molar refractivity (Wildman–Crippen MR) is 125 cm³/mol. The molecule has 0 saturated heterocycles. The zero-order valence-corrected chi connectivity index (χ0v) is 18.7. The molecule has 8 heteroatoms. The zero-order valence-electron chi connectivity index (χ0n) is 17.1. The molecule has 2 aromatic carbocycles. The van der Waals surface area contributed by atoms with Crippen LogP contribution in [0.1, 0.15) is 44.2 Å². The van der Waals surface area contributed by atoms with Crippen LogP contribution in [0.25, 0.3) is 0 Å². The fourth-order valence-corrected chi connectivity index (χ4v) is 3.73. The number of carbonyl (C=O) groups is 3. The minimum Gasteiger partial charge on any atom is -0.339 e. The molecule has 0 unspecified atom stereocenters. The Morgan fingerprint density at radius 1 is 0.903 bits per heavy atom. The lowest BCUT2D eigenvalue weighted by Crippen LogP contribution is -2.30. The molecule has 0 saturated carbocycles. The molecule has 0 aliphatic carbocycles. The van der Waals surface area contributed by atoms with E-state index in [9.17, 15) is 14.4 Å². The minimum absolute atomic E-state index is 0.0494. The number of thiophene rings is 1. The molecule has 160 valence electrons. The van der Waals surface area contributed by atoms with Gasteiger partial charge in [-0.1, -0.05) is 17.7 Å². The second kappa shape index (κ2) is 10.2. The van der Waals surface area contributed by atoms with Crippen LogP contribution < -0.4 is 10.6 Å². The average Bonchev–Trinajstić information content (AvgIpc) is 3.31. The minimum atomic E-state index is -0.355. The lowest BCUT2D eigenvalue weighted by atomic mass is 10.1. The molecule has 31 heavy (non-hydrogen) atoms. The van der Waals surface area contributed by atoms with E-state index in [1.165, 1.54) is 17.4 Å². The second-order valence-electron chi connectivity index (χ2n) is 6.63. The fourth-order valence-electron chi connectivity index (χ4n) is 2.95. The summed E-state index contributed by atoms with van der Waals surface area (Å²) < 4.78 is 0. The van der Waals surface area contributed by atoms with Crippen LogP contribution in [-0.4, -0.2) is 35.7 Å². The highest BCUT2D eigenvalue weighted by atomic mass is 35.5. The number of rotatable bonds is 7. The molecular formula is C23H22ClN3O3S. The van der Waals surface area contributed by atoms with Gasteiger partial charge in [-0.3, -0.25) is 14.4 Å². The largest absolute Gasteiger partial charge is 0.339 e. The number of nitrogens with one attached hydrogen (secondary N) is 2. The van der Waals surface area contributed by atoms with E-state index in [0.29, 0.717) is 45.5 Å². The third-order valence-electron chi connectivity index (χ3n) is 4.66. The summed E-state index contributed by atoms with van der Waals surface area (Å²) in [6.07, 6.45) is 0. The van der Waals surface area contributed by atoms with Gasteiger partial charge >= 0.3 is 0 Å². The first-order valence-corrected chi connectivity index (χ1v) is 11.0. The van der Waals surface area contributed by atoms with Crippen LogP contribution in [0.5, 0.6) is 0 Å². The molecule has 0 fully saturated rings. The van der Waals surface area contributed by atoms with Crippen LogP contribution in [-0.2, 0) is 0 Å². The number of amides is 3. The summed E-state index contributed by atoms with van der Waals surface area (Å²) in [5.41, 5.74) is 1.81.